The molecule has 2 rings (SSSR count). The van der Waals surface area contributed by atoms with Crippen molar-refractivity contribution in [1.82, 2.24) is 4.98 Å². The van der Waals surface area contributed by atoms with Crippen LogP contribution in [-0.2, 0) is 4.79 Å². The number of fused-ring (bicyclic) bond motifs is 1. The van der Waals surface area contributed by atoms with E-state index < -0.39 is 5.97 Å². The van der Waals surface area contributed by atoms with E-state index in [4.69, 9.17) is 9.84 Å². The summed E-state index contributed by atoms with van der Waals surface area (Å²) in [7, 11) is 0. The number of hydrogen-bond acceptors (Lipinski definition) is 5. The molecule has 0 aliphatic carbocycles. The molecule has 102 valence electrons. The second-order valence-electron chi connectivity index (χ2n) is 4.50. The molecule has 0 saturated carbocycles. The summed E-state index contributed by atoms with van der Waals surface area (Å²) < 4.78 is 7.46. The molecular formula is C13H15NO3S2. The molecule has 0 fully saturated rings. The SMILES string of the molecule is CC(C)COc1ccc2nc(SCC(=O)O)sc2c1. The van der Waals surface area contributed by atoms with Gasteiger partial charge in [-0.25, -0.2) is 4.98 Å². The second-order valence-corrected chi connectivity index (χ2v) is 6.75. The number of ether oxygens (including phenoxy) is 1. The van der Waals surface area contributed by atoms with Crippen molar-refractivity contribution in [2.24, 2.45) is 5.92 Å². The predicted octanol–water partition coefficient (Wildman–Crippen LogP) is 3.51. The highest BCUT2D eigenvalue weighted by Gasteiger charge is 2.08. The molecule has 1 aromatic heterocycles. The fourth-order valence-electron chi connectivity index (χ4n) is 1.42. The maximum absolute atomic E-state index is 10.5. The second kappa shape index (κ2) is 6.25. The lowest BCUT2D eigenvalue weighted by Crippen LogP contribution is -2.04. The molecular weight excluding hydrogens is 282 g/mol. The van der Waals surface area contributed by atoms with E-state index in [1.54, 1.807) is 0 Å². The third kappa shape index (κ3) is 4.11. The van der Waals surface area contributed by atoms with E-state index >= 15 is 0 Å². The summed E-state index contributed by atoms with van der Waals surface area (Å²) >= 11 is 2.74. The Labute approximate surface area is 119 Å². The van der Waals surface area contributed by atoms with Gasteiger partial charge in [0.15, 0.2) is 4.34 Å². The number of rotatable bonds is 6. The number of thioether (sulfide) groups is 1. The number of aromatic nitrogens is 1. The molecule has 1 N–H and O–H groups in total. The maximum atomic E-state index is 10.5. The molecule has 2 aromatic rings. The molecule has 0 unspecified atom stereocenters. The van der Waals surface area contributed by atoms with E-state index in [0.29, 0.717) is 12.5 Å². The maximum Gasteiger partial charge on any atom is 0.313 e. The normalized spacial score (nSPS) is 11.1. The van der Waals surface area contributed by atoms with Crippen LogP contribution in [0.4, 0.5) is 0 Å². The zero-order chi connectivity index (χ0) is 13.8. The molecule has 0 bridgehead atoms. The van der Waals surface area contributed by atoms with E-state index in [1.165, 1.54) is 23.1 Å². The molecule has 0 aliphatic rings. The number of benzene rings is 1. The van der Waals surface area contributed by atoms with Crippen LogP contribution in [0.2, 0.25) is 0 Å². The van der Waals surface area contributed by atoms with E-state index in [-0.39, 0.29) is 5.75 Å². The predicted molar refractivity (Wildman–Crippen MR) is 78.3 cm³/mol. The standard InChI is InChI=1S/C13H15NO3S2/c1-8(2)6-17-9-3-4-10-11(5-9)19-13(14-10)18-7-12(15)16/h3-5,8H,6-7H2,1-2H3,(H,15,16). The summed E-state index contributed by atoms with van der Waals surface area (Å²) in [4.78, 5) is 14.9. The zero-order valence-corrected chi connectivity index (χ0v) is 12.4. The lowest BCUT2D eigenvalue weighted by molar-refractivity contribution is -0.133. The van der Waals surface area contributed by atoms with Crippen molar-refractivity contribution in [3.63, 3.8) is 0 Å². The quantitative estimate of drug-likeness (QED) is 0.827. The summed E-state index contributed by atoms with van der Waals surface area (Å²) in [6, 6.07) is 5.77. The van der Waals surface area contributed by atoms with E-state index in [0.717, 1.165) is 20.3 Å². The fourth-order valence-corrected chi connectivity index (χ4v) is 3.24. The molecule has 0 aliphatic heterocycles. The zero-order valence-electron chi connectivity index (χ0n) is 10.8. The first kappa shape index (κ1) is 14.1. The van der Waals surface area contributed by atoms with Gasteiger partial charge in [0.1, 0.15) is 5.75 Å². The summed E-state index contributed by atoms with van der Waals surface area (Å²) in [5.74, 6) is 0.528. The molecule has 0 amide bonds. The molecule has 6 heteroatoms. The van der Waals surface area contributed by atoms with Gasteiger partial charge in [-0.2, -0.15) is 0 Å². The Morgan fingerprint density at radius 3 is 3.00 bits per heavy atom. The van der Waals surface area contributed by atoms with Gasteiger partial charge in [0, 0.05) is 0 Å². The average Bonchev–Trinajstić information content (AvgIpc) is 2.75. The smallest absolute Gasteiger partial charge is 0.313 e. The van der Waals surface area contributed by atoms with Crippen LogP contribution in [0.5, 0.6) is 5.75 Å². The minimum absolute atomic E-state index is 0.0382. The van der Waals surface area contributed by atoms with Crippen molar-refractivity contribution < 1.29 is 14.6 Å². The van der Waals surface area contributed by atoms with Crippen LogP contribution >= 0.6 is 23.1 Å². The summed E-state index contributed by atoms with van der Waals surface area (Å²) in [5.41, 5.74) is 0.884. The molecule has 0 radical (unpaired) electrons. The Hall–Kier alpha value is -1.27. The highest BCUT2D eigenvalue weighted by atomic mass is 32.2. The van der Waals surface area contributed by atoms with Crippen LogP contribution < -0.4 is 4.74 Å². The molecule has 4 nitrogen and oxygen atoms in total. The van der Waals surface area contributed by atoms with Gasteiger partial charge in [-0.3, -0.25) is 4.79 Å². The number of carboxylic acid groups (broad SMARTS) is 1. The third-order valence-corrected chi connectivity index (χ3v) is 4.39. The molecule has 19 heavy (non-hydrogen) atoms. The van der Waals surface area contributed by atoms with Gasteiger partial charge < -0.3 is 9.84 Å². The Morgan fingerprint density at radius 1 is 1.53 bits per heavy atom. The van der Waals surface area contributed by atoms with Crippen molar-refractivity contribution in [3.8, 4) is 5.75 Å². The largest absolute Gasteiger partial charge is 0.493 e. The van der Waals surface area contributed by atoms with Crippen LogP contribution in [0.15, 0.2) is 22.5 Å². The Bertz CT molecular complexity index is 580. The third-order valence-electron chi connectivity index (χ3n) is 2.24. The molecule has 0 spiro atoms. The van der Waals surface area contributed by atoms with Crippen molar-refractivity contribution in [2.75, 3.05) is 12.4 Å². The van der Waals surface area contributed by atoms with Gasteiger partial charge >= 0.3 is 5.97 Å². The monoisotopic (exact) mass is 297 g/mol. The molecule has 0 atom stereocenters. The van der Waals surface area contributed by atoms with Gasteiger partial charge in [-0.05, 0) is 24.1 Å². The lowest BCUT2D eigenvalue weighted by atomic mass is 10.2. The van der Waals surface area contributed by atoms with Gasteiger partial charge in [0.2, 0.25) is 0 Å². The first-order valence-electron chi connectivity index (χ1n) is 5.92. The average molecular weight is 297 g/mol. The topological polar surface area (TPSA) is 59.4 Å². The summed E-state index contributed by atoms with van der Waals surface area (Å²) in [6.45, 7) is 4.89. The highest BCUT2D eigenvalue weighted by Crippen LogP contribution is 2.31. The number of thiazole rings is 1. The number of carboxylic acids is 1. The highest BCUT2D eigenvalue weighted by molar-refractivity contribution is 8.01. The minimum atomic E-state index is -0.829. The number of hydrogen-bond donors (Lipinski definition) is 1. The Kier molecular flexibility index (Phi) is 4.66. The molecule has 1 aromatic carbocycles. The van der Waals surface area contributed by atoms with E-state index in [9.17, 15) is 4.79 Å². The van der Waals surface area contributed by atoms with Crippen molar-refractivity contribution in [2.45, 2.75) is 18.2 Å². The number of carbonyl (C=O) groups is 1. The van der Waals surface area contributed by atoms with Crippen LogP contribution in [0.25, 0.3) is 10.2 Å². The summed E-state index contributed by atoms with van der Waals surface area (Å²) in [6.07, 6.45) is 0. The van der Waals surface area contributed by atoms with E-state index in [2.05, 4.69) is 18.8 Å². The van der Waals surface area contributed by atoms with Gasteiger partial charge in [0.25, 0.3) is 0 Å². The van der Waals surface area contributed by atoms with Gasteiger partial charge in [-0.15, -0.1) is 11.3 Å². The fraction of sp³-hybridized carbons (Fsp3) is 0.385. The van der Waals surface area contributed by atoms with Crippen molar-refractivity contribution in [3.05, 3.63) is 18.2 Å². The van der Waals surface area contributed by atoms with Crippen LogP contribution in [0.1, 0.15) is 13.8 Å². The van der Waals surface area contributed by atoms with Crippen molar-refractivity contribution >= 4 is 39.3 Å². The molecule has 0 saturated heterocycles. The first-order chi connectivity index (χ1) is 9.04. The minimum Gasteiger partial charge on any atom is -0.493 e. The number of aliphatic carboxylic acids is 1. The first-order valence-corrected chi connectivity index (χ1v) is 7.73. The Morgan fingerprint density at radius 2 is 2.32 bits per heavy atom. The molecule has 1 heterocycles. The lowest BCUT2D eigenvalue weighted by Gasteiger charge is -2.07. The number of nitrogens with zero attached hydrogens (tertiary/aromatic N) is 1. The van der Waals surface area contributed by atoms with Crippen molar-refractivity contribution in [1.29, 1.82) is 0 Å². The van der Waals surface area contributed by atoms with Crippen LogP contribution in [0.3, 0.4) is 0 Å². The van der Waals surface area contributed by atoms with Crippen LogP contribution in [-0.4, -0.2) is 28.4 Å². The van der Waals surface area contributed by atoms with Gasteiger partial charge in [-0.1, -0.05) is 25.6 Å². The Balaban J connectivity index is 2.11. The van der Waals surface area contributed by atoms with Gasteiger partial charge in [0.05, 0.1) is 22.6 Å². The van der Waals surface area contributed by atoms with E-state index in [1.807, 2.05) is 18.2 Å². The summed E-state index contributed by atoms with van der Waals surface area (Å²) in [5, 5.41) is 8.65. The van der Waals surface area contributed by atoms with Crippen LogP contribution in [0, 0.1) is 5.92 Å².